The fourth-order valence-corrected chi connectivity index (χ4v) is 3.03. The number of aromatic amines is 2. The number of ether oxygens (including phenoxy) is 1. The van der Waals surface area contributed by atoms with E-state index in [2.05, 4.69) is 16.9 Å². The van der Waals surface area contributed by atoms with Crippen LogP contribution in [0.2, 0.25) is 0 Å². The summed E-state index contributed by atoms with van der Waals surface area (Å²) in [5, 5.41) is 2.00. The van der Waals surface area contributed by atoms with E-state index in [-0.39, 0.29) is 5.56 Å². The molecule has 0 bridgehead atoms. The van der Waals surface area contributed by atoms with Crippen molar-refractivity contribution in [3.05, 3.63) is 65.1 Å². The zero-order valence-electron chi connectivity index (χ0n) is 13.4. The van der Waals surface area contributed by atoms with Crippen molar-refractivity contribution >= 4 is 21.8 Å². The van der Waals surface area contributed by atoms with Crippen molar-refractivity contribution in [1.82, 2.24) is 9.97 Å². The third-order valence-electron chi connectivity index (χ3n) is 4.18. The lowest BCUT2D eigenvalue weighted by Crippen LogP contribution is -2.09. The van der Waals surface area contributed by atoms with Gasteiger partial charge in [0, 0.05) is 33.6 Å². The van der Waals surface area contributed by atoms with Crippen LogP contribution < -0.4 is 10.3 Å². The molecule has 2 heterocycles. The minimum Gasteiger partial charge on any atom is -0.491 e. The van der Waals surface area contributed by atoms with Crippen molar-refractivity contribution in [2.45, 2.75) is 13.3 Å². The molecule has 0 saturated carbocycles. The van der Waals surface area contributed by atoms with E-state index in [1.165, 1.54) is 0 Å². The highest BCUT2D eigenvalue weighted by Crippen LogP contribution is 2.29. The summed E-state index contributed by atoms with van der Waals surface area (Å²) in [6, 6.07) is 15.7. The zero-order chi connectivity index (χ0) is 16.5. The van der Waals surface area contributed by atoms with Crippen molar-refractivity contribution in [3.8, 4) is 16.9 Å². The monoisotopic (exact) mass is 318 g/mol. The summed E-state index contributed by atoms with van der Waals surface area (Å²) < 4.78 is 5.75. The number of nitrogens with one attached hydrogen (secondary N) is 2. The molecule has 2 aromatic carbocycles. The van der Waals surface area contributed by atoms with E-state index in [1.54, 1.807) is 0 Å². The molecule has 4 aromatic rings. The molecule has 4 heteroatoms. The lowest BCUT2D eigenvalue weighted by Gasteiger charge is -2.09. The first-order chi connectivity index (χ1) is 11.8. The number of para-hydroxylation sites is 2. The first kappa shape index (κ1) is 14.6. The number of pyridine rings is 1. The van der Waals surface area contributed by atoms with E-state index >= 15 is 0 Å². The smallest absolute Gasteiger partial charge is 0.256 e. The summed E-state index contributed by atoms with van der Waals surface area (Å²) in [6.07, 6.45) is 2.81. The van der Waals surface area contributed by atoms with Crippen LogP contribution in [0.15, 0.2) is 59.5 Å². The summed E-state index contributed by atoms with van der Waals surface area (Å²) >= 11 is 0. The van der Waals surface area contributed by atoms with E-state index in [0.29, 0.717) is 12.2 Å². The van der Waals surface area contributed by atoms with Crippen LogP contribution >= 0.6 is 0 Å². The van der Waals surface area contributed by atoms with Crippen LogP contribution in [0.4, 0.5) is 0 Å². The maximum atomic E-state index is 12.7. The van der Waals surface area contributed by atoms with Gasteiger partial charge in [0.2, 0.25) is 0 Å². The van der Waals surface area contributed by atoms with Crippen LogP contribution in [0.5, 0.6) is 5.75 Å². The highest BCUT2D eigenvalue weighted by molar-refractivity contribution is 5.97. The maximum Gasteiger partial charge on any atom is 0.256 e. The highest BCUT2D eigenvalue weighted by Gasteiger charge is 2.12. The van der Waals surface area contributed by atoms with Crippen LogP contribution in [0.1, 0.15) is 13.3 Å². The number of hydrogen-bond donors (Lipinski definition) is 2. The predicted octanol–water partition coefficient (Wildman–Crippen LogP) is 4.47. The molecule has 0 saturated heterocycles. The van der Waals surface area contributed by atoms with Crippen molar-refractivity contribution in [3.63, 3.8) is 0 Å². The summed E-state index contributed by atoms with van der Waals surface area (Å²) in [4.78, 5) is 18.9. The van der Waals surface area contributed by atoms with Gasteiger partial charge < -0.3 is 14.7 Å². The molecule has 0 aliphatic carbocycles. The molecule has 4 nitrogen and oxygen atoms in total. The molecule has 2 aromatic heterocycles. The predicted molar refractivity (Wildman–Crippen MR) is 97.6 cm³/mol. The Morgan fingerprint density at radius 2 is 1.92 bits per heavy atom. The SMILES string of the molecule is CCCOc1cccc2cc(-c3c[nH]c4ccccc34)c(=O)[nH]c12. The molecule has 0 aliphatic heterocycles. The minimum atomic E-state index is -0.111. The van der Waals surface area contributed by atoms with Gasteiger partial charge in [-0.05, 0) is 24.6 Å². The number of benzene rings is 2. The first-order valence-corrected chi connectivity index (χ1v) is 8.13. The standard InChI is InChI=1S/C20H18N2O2/c1-2-10-24-18-9-5-6-13-11-15(20(23)22-19(13)18)16-12-21-17-8-4-3-7-14(16)17/h3-9,11-12,21H,2,10H2,1H3,(H,22,23). The van der Waals surface area contributed by atoms with Crippen molar-refractivity contribution in [1.29, 1.82) is 0 Å². The molecule has 120 valence electrons. The van der Waals surface area contributed by atoms with Crippen LogP contribution in [0.3, 0.4) is 0 Å². The summed E-state index contributed by atoms with van der Waals surface area (Å²) in [5.74, 6) is 0.719. The molecule has 0 unspecified atom stereocenters. The Kier molecular flexibility index (Phi) is 3.58. The number of fused-ring (bicyclic) bond motifs is 2. The lowest BCUT2D eigenvalue weighted by atomic mass is 10.0. The normalized spacial score (nSPS) is 11.2. The summed E-state index contributed by atoms with van der Waals surface area (Å²) in [6.45, 7) is 2.69. The fourth-order valence-electron chi connectivity index (χ4n) is 3.03. The molecular formula is C20H18N2O2. The van der Waals surface area contributed by atoms with Gasteiger partial charge in [-0.1, -0.05) is 37.3 Å². The van der Waals surface area contributed by atoms with Crippen molar-refractivity contribution < 1.29 is 4.74 Å². The van der Waals surface area contributed by atoms with E-state index in [4.69, 9.17) is 4.74 Å². The van der Waals surface area contributed by atoms with Gasteiger partial charge >= 0.3 is 0 Å². The van der Waals surface area contributed by atoms with Gasteiger partial charge in [0.25, 0.3) is 5.56 Å². The van der Waals surface area contributed by atoms with Gasteiger partial charge in [-0.15, -0.1) is 0 Å². The van der Waals surface area contributed by atoms with Crippen LogP contribution in [0, 0.1) is 0 Å². The second-order valence-corrected chi connectivity index (χ2v) is 5.83. The van der Waals surface area contributed by atoms with Gasteiger partial charge in [0.15, 0.2) is 0 Å². The van der Waals surface area contributed by atoms with Gasteiger partial charge in [-0.2, -0.15) is 0 Å². The molecule has 4 rings (SSSR count). The second kappa shape index (κ2) is 5.89. The van der Waals surface area contributed by atoms with Crippen molar-refractivity contribution in [2.24, 2.45) is 0 Å². The molecule has 0 radical (unpaired) electrons. The average Bonchev–Trinajstić information content (AvgIpc) is 3.03. The van der Waals surface area contributed by atoms with E-state index in [9.17, 15) is 4.79 Å². The lowest BCUT2D eigenvalue weighted by molar-refractivity contribution is 0.320. The van der Waals surface area contributed by atoms with Crippen molar-refractivity contribution in [2.75, 3.05) is 6.61 Å². The van der Waals surface area contributed by atoms with E-state index in [0.717, 1.165) is 39.5 Å². The summed E-state index contributed by atoms with van der Waals surface area (Å²) in [7, 11) is 0. The number of aromatic nitrogens is 2. The van der Waals surface area contributed by atoms with Gasteiger partial charge in [0.05, 0.1) is 12.1 Å². The van der Waals surface area contributed by atoms with Gasteiger partial charge in [-0.3, -0.25) is 4.79 Å². The van der Waals surface area contributed by atoms with Gasteiger partial charge in [-0.25, -0.2) is 0 Å². The summed E-state index contributed by atoms with van der Waals surface area (Å²) in [5.41, 5.74) is 3.23. The molecule has 2 N–H and O–H groups in total. The Labute approximate surface area is 139 Å². The fraction of sp³-hybridized carbons (Fsp3) is 0.150. The van der Waals surface area contributed by atoms with Crippen LogP contribution in [-0.2, 0) is 0 Å². The Morgan fingerprint density at radius 1 is 1.04 bits per heavy atom. The number of hydrogen-bond acceptors (Lipinski definition) is 2. The highest BCUT2D eigenvalue weighted by atomic mass is 16.5. The molecule has 0 amide bonds. The number of H-pyrrole nitrogens is 2. The second-order valence-electron chi connectivity index (χ2n) is 5.83. The van der Waals surface area contributed by atoms with Crippen LogP contribution in [-0.4, -0.2) is 16.6 Å². The Bertz CT molecular complexity index is 1080. The largest absolute Gasteiger partial charge is 0.491 e. The molecular weight excluding hydrogens is 300 g/mol. The van der Waals surface area contributed by atoms with E-state index < -0.39 is 0 Å². The zero-order valence-corrected chi connectivity index (χ0v) is 13.4. The maximum absolute atomic E-state index is 12.7. The van der Waals surface area contributed by atoms with Gasteiger partial charge in [0.1, 0.15) is 5.75 Å². The topological polar surface area (TPSA) is 57.9 Å². The third kappa shape index (κ3) is 2.36. The minimum absolute atomic E-state index is 0.111. The molecule has 0 fully saturated rings. The molecule has 0 spiro atoms. The number of rotatable bonds is 4. The van der Waals surface area contributed by atoms with Crippen LogP contribution in [0.25, 0.3) is 32.9 Å². The average molecular weight is 318 g/mol. The molecule has 0 aliphatic rings. The Morgan fingerprint density at radius 3 is 2.79 bits per heavy atom. The Hall–Kier alpha value is -3.01. The first-order valence-electron chi connectivity index (χ1n) is 8.13. The quantitative estimate of drug-likeness (QED) is 0.583. The third-order valence-corrected chi connectivity index (χ3v) is 4.18. The Balaban J connectivity index is 1.91. The molecule has 24 heavy (non-hydrogen) atoms. The van der Waals surface area contributed by atoms with E-state index in [1.807, 2.05) is 54.7 Å². The molecule has 0 atom stereocenters.